The number of alkyl carbamates (subject to hydrolysis) is 1. The minimum Gasteiger partial charge on any atom is -0.506 e. The second kappa shape index (κ2) is 8.73. The van der Waals surface area contributed by atoms with Crippen LogP contribution in [0.5, 0.6) is 5.75 Å². The first-order valence-electron chi connectivity index (χ1n) is 8.03. The maximum absolute atomic E-state index is 12.4. The third kappa shape index (κ3) is 5.53. The van der Waals surface area contributed by atoms with Crippen LogP contribution in [-0.4, -0.2) is 23.1 Å². The van der Waals surface area contributed by atoms with Gasteiger partial charge in [-0.1, -0.05) is 56.3 Å². The fraction of sp³-hybridized carbons (Fsp3) is 0.263. The largest absolute Gasteiger partial charge is 0.506 e. The number of anilines is 1. The summed E-state index contributed by atoms with van der Waals surface area (Å²) in [5, 5.41) is 14.9. The van der Waals surface area contributed by atoms with Crippen molar-refractivity contribution in [2.45, 2.75) is 26.5 Å². The second-order valence-electron chi connectivity index (χ2n) is 5.93. The molecule has 0 bridgehead atoms. The molecule has 2 rings (SSSR count). The Morgan fingerprint density at radius 1 is 1.04 bits per heavy atom. The molecular formula is C19H22N2O4. The molecule has 2 amide bonds. The van der Waals surface area contributed by atoms with Gasteiger partial charge in [0.25, 0.3) is 0 Å². The van der Waals surface area contributed by atoms with Gasteiger partial charge in [-0.05, 0) is 23.6 Å². The monoisotopic (exact) mass is 342 g/mol. The predicted molar refractivity (Wildman–Crippen MR) is 95.1 cm³/mol. The summed E-state index contributed by atoms with van der Waals surface area (Å²) < 4.78 is 5.15. The Kier molecular flexibility index (Phi) is 6.39. The zero-order valence-corrected chi connectivity index (χ0v) is 14.2. The zero-order valence-electron chi connectivity index (χ0n) is 14.2. The van der Waals surface area contributed by atoms with Crippen LogP contribution in [0, 0.1) is 5.92 Å². The van der Waals surface area contributed by atoms with E-state index in [9.17, 15) is 14.7 Å². The highest BCUT2D eigenvalue weighted by Crippen LogP contribution is 2.22. The summed E-state index contributed by atoms with van der Waals surface area (Å²) in [6.07, 6.45) is -0.671. The third-order valence-electron chi connectivity index (χ3n) is 3.60. The fourth-order valence-electron chi connectivity index (χ4n) is 2.22. The van der Waals surface area contributed by atoms with Gasteiger partial charge in [-0.3, -0.25) is 4.79 Å². The van der Waals surface area contributed by atoms with Crippen LogP contribution in [0.3, 0.4) is 0 Å². The summed E-state index contributed by atoms with van der Waals surface area (Å²) in [6.45, 7) is 3.75. The predicted octanol–water partition coefficient (Wildman–Crippen LogP) is 3.28. The van der Waals surface area contributed by atoms with E-state index in [0.29, 0.717) is 0 Å². The summed E-state index contributed by atoms with van der Waals surface area (Å²) in [6, 6.07) is 14.9. The van der Waals surface area contributed by atoms with Crippen LogP contribution in [0.1, 0.15) is 19.4 Å². The SMILES string of the molecule is CC(C)[C@@H](NC(=O)OCc1ccccc1)C(=O)Nc1ccccc1O. The molecular weight excluding hydrogens is 320 g/mol. The van der Waals surface area contributed by atoms with Crippen molar-refractivity contribution < 1.29 is 19.4 Å². The van der Waals surface area contributed by atoms with E-state index >= 15 is 0 Å². The maximum Gasteiger partial charge on any atom is 0.408 e. The van der Waals surface area contributed by atoms with E-state index in [1.807, 2.05) is 44.2 Å². The summed E-state index contributed by atoms with van der Waals surface area (Å²) in [5.41, 5.74) is 1.15. The topological polar surface area (TPSA) is 87.7 Å². The molecule has 6 heteroatoms. The summed E-state index contributed by atoms with van der Waals surface area (Å²) in [7, 11) is 0. The highest BCUT2D eigenvalue weighted by Gasteiger charge is 2.25. The summed E-state index contributed by atoms with van der Waals surface area (Å²) >= 11 is 0. The molecule has 132 valence electrons. The molecule has 0 saturated heterocycles. The van der Waals surface area contributed by atoms with Crippen LogP contribution < -0.4 is 10.6 Å². The molecule has 3 N–H and O–H groups in total. The van der Waals surface area contributed by atoms with E-state index in [-0.39, 0.29) is 24.0 Å². The molecule has 25 heavy (non-hydrogen) atoms. The fourth-order valence-corrected chi connectivity index (χ4v) is 2.22. The molecule has 0 unspecified atom stereocenters. The number of hydrogen-bond donors (Lipinski definition) is 3. The van der Waals surface area contributed by atoms with Crippen molar-refractivity contribution in [2.75, 3.05) is 5.32 Å². The molecule has 0 heterocycles. The second-order valence-corrected chi connectivity index (χ2v) is 5.93. The molecule has 0 aliphatic rings. The molecule has 0 radical (unpaired) electrons. The van der Waals surface area contributed by atoms with E-state index in [1.54, 1.807) is 18.2 Å². The number of carbonyl (C=O) groups excluding carboxylic acids is 2. The number of para-hydroxylation sites is 2. The summed E-state index contributed by atoms with van der Waals surface area (Å²) in [4.78, 5) is 24.4. The highest BCUT2D eigenvalue weighted by atomic mass is 16.5. The number of hydrogen-bond acceptors (Lipinski definition) is 4. The Bertz CT molecular complexity index is 716. The molecule has 2 aromatic carbocycles. The van der Waals surface area contributed by atoms with Gasteiger partial charge in [-0.2, -0.15) is 0 Å². The number of nitrogens with one attached hydrogen (secondary N) is 2. The van der Waals surface area contributed by atoms with Gasteiger partial charge in [0.2, 0.25) is 5.91 Å². The number of benzene rings is 2. The van der Waals surface area contributed by atoms with Crippen LogP contribution in [-0.2, 0) is 16.1 Å². The lowest BCUT2D eigenvalue weighted by atomic mass is 10.0. The van der Waals surface area contributed by atoms with Crippen LogP contribution in [0.25, 0.3) is 0 Å². The van der Waals surface area contributed by atoms with Crippen LogP contribution in [0.2, 0.25) is 0 Å². The van der Waals surface area contributed by atoms with Gasteiger partial charge < -0.3 is 20.5 Å². The van der Waals surface area contributed by atoms with Crippen molar-refractivity contribution >= 4 is 17.7 Å². The molecule has 6 nitrogen and oxygen atoms in total. The molecule has 2 aromatic rings. The van der Waals surface area contributed by atoms with Gasteiger partial charge in [0, 0.05) is 0 Å². The van der Waals surface area contributed by atoms with Crippen molar-refractivity contribution in [3.63, 3.8) is 0 Å². The molecule has 0 aromatic heterocycles. The molecule has 0 aliphatic heterocycles. The van der Waals surface area contributed by atoms with Crippen LogP contribution in [0.4, 0.5) is 10.5 Å². The smallest absolute Gasteiger partial charge is 0.408 e. The number of carbonyl (C=O) groups is 2. The Morgan fingerprint density at radius 3 is 2.32 bits per heavy atom. The van der Waals surface area contributed by atoms with E-state index in [4.69, 9.17) is 4.74 Å². The van der Waals surface area contributed by atoms with Gasteiger partial charge in [0.1, 0.15) is 18.4 Å². The van der Waals surface area contributed by atoms with Gasteiger partial charge in [-0.15, -0.1) is 0 Å². The number of phenols is 1. The van der Waals surface area contributed by atoms with E-state index in [1.165, 1.54) is 6.07 Å². The standard InChI is InChI=1S/C19H22N2O4/c1-13(2)17(18(23)20-15-10-6-7-11-16(15)22)21-19(24)25-12-14-8-4-3-5-9-14/h3-11,13,17,22H,12H2,1-2H3,(H,20,23)(H,21,24)/t17-/m1/s1. The first-order chi connectivity index (χ1) is 12.0. The van der Waals surface area contributed by atoms with Gasteiger partial charge in [-0.25, -0.2) is 4.79 Å². The van der Waals surface area contributed by atoms with Crippen molar-refractivity contribution in [2.24, 2.45) is 5.92 Å². The maximum atomic E-state index is 12.4. The number of phenolic OH excluding ortho intramolecular Hbond substituents is 1. The van der Waals surface area contributed by atoms with Crippen LogP contribution >= 0.6 is 0 Å². The zero-order chi connectivity index (χ0) is 18.2. The van der Waals surface area contributed by atoms with E-state index in [2.05, 4.69) is 10.6 Å². The van der Waals surface area contributed by atoms with Gasteiger partial charge in [0.15, 0.2) is 0 Å². The van der Waals surface area contributed by atoms with Crippen molar-refractivity contribution in [3.05, 3.63) is 60.2 Å². The first-order valence-corrected chi connectivity index (χ1v) is 8.03. The molecule has 0 aliphatic carbocycles. The van der Waals surface area contributed by atoms with Crippen LogP contribution in [0.15, 0.2) is 54.6 Å². The van der Waals surface area contributed by atoms with Gasteiger partial charge >= 0.3 is 6.09 Å². The summed E-state index contributed by atoms with van der Waals surface area (Å²) in [5.74, 6) is -0.617. The Labute approximate surface area is 146 Å². The van der Waals surface area contributed by atoms with Crippen molar-refractivity contribution in [3.8, 4) is 5.75 Å². The average molecular weight is 342 g/mol. The minimum absolute atomic E-state index is 0.0370. The van der Waals surface area contributed by atoms with Crippen molar-refractivity contribution in [1.82, 2.24) is 5.32 Å². The molecule has 0 fully saturated rings. The molecule has 0 spiro atoms. The Hall–Kier alpha value is -3.02. The molecule has 0 saturated carbocycles. The normalized spacial score (nSPS) is 11.6. The highest BCUT2D eigenvalue weighted by molar-refractivity contribution is 5.97. The first kappa shape index (κ1) is 18.3. The lowest BCUT2D eigenvalue weighted by Crippen LogP contribution is -2.47. The lowest BCUT2D eigenvalue weighted by Gasteiger charge is -2.21. The quantitative estimate of drug-likeness (QED) is 0.703. The minimum atomic E-state index is -0.789. The van der Waals surface area contributed by atoms with E-state index < -0.39 is 18.0 Å². The van der Waals surface area contributed by atoms with Crippen molar-refractivity contribution in [1.29, 1.82) is 0 Å². The molecule has 1 atom stereocenters. The number of rotatable bonds is 6. The average Bonchev–Trinajstić information content (AvgIpc) is 2.60. The lowest BCUT2D eigenvalue weighted by molar-refractivity contribution is -0.119. The Morgan fingerprint density at radius 2 is 1.68 bits per heavy atom. The Balaban J connectivity index is 1.94. The van der Waals surface area contributed by atoms with E-state index in [0.717, 1.165) is 5.56 Å². The number of amides is 2. The number of aromatic hydroxyl groups is 1. The third-order valence-corrected chi connectivity index (χ3v) is 3.60. The number of ether oxygens (including phenoxy) is 1. The van der Waals surface area contributed by atoms with Gasteiger partial charge in [0.05, 0.1) is 5.69 Å².